The fraction of sp³-hybridized carbons (Fsp3) is 0.706. The molecule has 0 aliphatic rings. The van der Waals surface area contributed by atoms with Crippen LogP contribution in [0.3, 0.4) is 0 Å². The summed E-state index contributed by atoms with van der Waals surface area (Å²) in [4.78, 5) is 24.0. The number of carbonyl (C=O) groups excluding carboxylic acids is 2. The van der Waals surface area contributed by atoms with E-state index in [4.69, 9.17) is 9.47 Å². The van der Waals surface area contributed by atoms with E-state index in [1.54, 1.807) is 0 Å². The summed E-state index contributed by atoms with van der Waals surface area (Å²) < 4.78 is 10.5. The number of hydrogen-bond acceptors (Lipinski definition) is 5. The van der Waals surface area contributed by atoms with Crippen LogP contribution in [0.25, 0.3) is 0 Å². The van der Waals surface area contributed by atoms with Crippen LogP contribution >= 0.6 is 0 Å². The van der Waals surface area contributed by atoms with Crippen LogP contribution in [0, 0.1) is 0 Å². The molecule has 0 saturated heterocycles. The Bertz CT molecular complexity index is 677. The standard InChI is InChI=1S/C34H58O5/c1-3-5-7-9-11-13-15-17-19-20-22-24-26-28-33(36)38-31-32(30-35)39-34(37)29-27-25-23-21-18-16-14-12-10-8-6-4-2/h5,7,9,11,13,15,17,19,32,35H,3-4,6,8,10,12,14,16,18,20-31H2,1-2H3/b7-5+,11-9+,15-13+,19-17+. The van der Waals surface area contributed by atoms with Crippen LogP contribution < -0.4 is 0 Å². The molecule has 0 radical (unpaired) electrons. The van der Waals surface area contributed by atoms with Crippen molar-refractivity contribution in [2.75, 3.05) is 13.2 Å². The average molecular weight is 547 g/mol. The zero-order chi connectivity index (χ0) is 28.7. The molecular formula is C34H58O5. The topological polar surface area (TPSA) is 72.8 Å². The number of carbonyl (C=O) groups is 2. The fourth-order valence-corrected chi connectivity index (χ4v) is 4.09. The van der Waals surface area contributed by atoms with E-state index in [-0.39, 0.29) is 25.2 Å². The zero-order valence-electron chi connectivity index (χ0n) is 25.1. The maximum Gasteiger partial charge on any atom is 0.306 e. The molecule has 5 nitrogen and oxygen atoms in total. The first-order chi connectivity index (χ1) is 19.1. The van der Waals surface area contributed by atoms with Crippen LogP contribution in [0.5, 0.6) is 0 Å². The lowest BCUT2D eigenvalue weighted by molar-refractivity contribution is -0.161. The highest BCUT2D eigenvalue weighted by Gasteiger charge is 2.16. The van der Waals surface area contributed by atoms with Crippen molar-refractivity contribution in [2.24, 2.45) is 0 Å². The van der Waals surface area contributed by atoms with Crippen LogP contribution in [-0.4, -0.2) is 36.4 Å². The van der Waals surface area contributed by atoms with E-state index >= 15 is 0 Å². The number of hydrogen-bond donors (Lipinski definition) is 1. The molecule has 0 saturated carbocycles. The molecule has 0 fully saturated rings. The monoisotopic (exact) mass is 546 g/mol. The molecule has 0 heterocycles. The lowest BCUT2D eigenvalue weighted by atomic mass is 10.0. The molecular weight excluding hydrogens is 488 g/mol. The Balaban J connectivity index is 3.68. The van der Waals surface area contributed by atoms with Crippen molar-refractivity contribution in [2.45, 2.75) is 142 Å². The number of aliphatic hydroxyl groups is 1. The molecule has 0 bridgehead atoms. The van der Waals surface area contributed by atoms with E-state index in [0.29, 0.717) is 12.8 Å². The van der Waals surface area contributed by atoms with Gasteiger partial charge in [0.15, 0.2) is 6.10 Å². The molecule has 0 aromatic carbocycles. The minimum Gasteiger partial charge on any atom is -0.462 e. The van der Waals surface area contributed by atoms with E-state index in [2.05, 4.69) is 26.0 Å². The molecule has 1 unspecified atom stereocenters. The highest BCUT2D eigenvalue weighted by atomic mass is 16.6. The molecule has 1 N–H and O–H groups in total. The van der Waals surface area contributed by atoms with Crippen LogP contribution in [-0.2, 0) is 19.1 Å². The van der Waals surface area contributed by atoms with Gasteiger partial charge in [0.05, 0.1) is 6.61 Å². The summed E-state index contributed by atoms with van der Waals surface area (Å²) in [6.45, 7) is 3.93. The Labute approximate surface area is 239 Å². The Morgan fingerprint density at radius 3 is 1.67 bits per heavy atom. The number of rotatable bonds is 27. The van der Waals surface area contributed by atoms with E-state index in [0.717, 1.165) is 51.4 Å². The van der Waals surface area contributed by atoms with Gasteiger partial charge in [-0.1, -0.05) is 140 Å². The summed E-state index contributed by atoms with van der Waals surface area (Å²) in [6.07, 6.45) is 35.9. The van der Waals surface area contributed by atoms with E-state index < -0.39 is 6.10 Å². The van der Waals surface area contributed by atoms with Gasteiger partial charge in [0.2, 0.25) is 0 Å². The molecule has 0 rings (SSSR count). The van der Waals surface area contributed by atoms with Gasteiger partial charge in [-0.25, -0.2) is 0 Å². The largest absolute Gasteiger partial charge is 0.462 e. The summed E-state index contributed by atoms with van der Waals surface area (Å²) in [5, 5.41) is 9.47. The molecule has 0 amide bonds. The third kappa shape index (κ3) is 28.7. The van der Waals surface area contributed by atoms with Crippen LogP contribution in [0.15, 0.2) is 48.6 Å². The number of esters is 2. The first kappa shape index (κ1) is 36.9. The van der Waals surface area contributed by atoms with Gasteiger partial charge in [0.1, 0.15) is 6.61 Å². The van der Waals surface area contributed by atoms with Gasteiger partial charge >= 0.3 is 11.9 Å². The van der Waals surface area contributed by atoms with Crippen LogP contribution in [0.4, 0.5) is 0 Å². The lowest BCUT2D eigenvalue weighted by Crippen LogP contribution is -2.28. The quantitative estimate of drug-likeness (QED) is 0.0632. The minimum absolute atomic E-state index is 0.0860. The Hall–Kier alpha value is -2.14. The Morgan fingerprint density at radius 2 is 1.10 bits per heavy atom. The average Bonchev–Trinajstić information content (AvgIpc) is 2.94. The first-order valence-electron chi connectivity index (χ1n) is 15.7. The molecule has 5 heteroatoms. The molecule has 224 valence electrons. The highest BCUT2D eigenvalue weighted by molar-refractivity contribution is 5.70. The van der Waals surface area contributed by atoms with Crippen molar-refractivity contribution >= 4 is 11.9 Å². The molecule has 39 heavy (non-hydrogen) atoms. The minimum atomic E-state index is -0.783. The van der Waals surface area contributed by atoms with E-state index in [9.17, 15) is 14.7 Å². The number of unbranched alkanes of at least 4 members (excludes halogenated alkanes) is 14. The van der Waals surface area contributed by atoms with Crippen molar-refractivity contribution in [1.82, 2.24) is 0 Å². The third-order valence-corrected chi connectivity index (χ3v) is 6.48. The molecule has 0 aromatic heterocycles. The first-order valence-corrected chi connectivity index (χ1v) is 15.7. The summed E-state index contributed by atoms with van der Waals surface area (Å²) >= 11 is 0. The fourth-order valence-electron chi connectivity index (χ4n) is 4.09. The van der Waals surface area contributed by atoms with Crippen molar-refractivity contribution in [3.63, 3.8) is 0 Å². The maximum absolute atomic E-state index is 12.1. The van der Waals surface area contributed by atoms with Gasteiger partial charge in [0.25, 0.3) is 0 Å². The molecule has 0 spiro atoms. The van der Waals surface area contributed by atoms with Crippen molar-refractivity contribution < 1.29 is 24.2 Å². The lowest BCUT2D eigenvalue weighted by Gasteiger charge is -2.15. The summed E-state index contributed by atoms with van der Waals surface area (Å²) in [6, 6.07) is 0. The summed E-state index contributed by atoms with van der Waals surface area (Å²) in [7, 11) is 0. The maximum atomic E-state index is 12.1. The number of allylic oxidation sites excluding steroid dienone is 8. The van der Waals surface area contributed by atoms with Gasteiger partial charge in [-0.2, -0.15) is 0 Å². The van der Waals surface area contributed by atoms with Gasteiger partial charge in [-0.15, -0.1) is 0 Å². The molecule has 1 atom stereocenters. The molecule has 0 aliphatic carbocycles. The zero-order valence-corrected chi connectivity index (χ0v) is 25.1. The predicted octanol–water partition coefficient (Wildman–Crippen LogP) is 9.11. The van der Waals surface area contributed by atoms with Gasteiger partial charge in [-0.3, -0.25) is 9.59 Å². The second kappa shape index (κ2) is 30.4. The highest BCUT2D eigenvalue weighted by Crippen LogP contribution is 2.13. The van der Waals surface area contributed by atoms with E-state index in [1.807, 2.05) is 36.5 Å². The predicted molar refractivity (Wildman–Crippen MR) is 164 cm³/mol. The SMILES string of the molecule is CC/C=C/C=C/C=C/C=C/CCCCCC(=O)OCC(CO)OC(=O)CCCCCCCCCCCCCC. The van der Waals surface area contributed by atoms with Gasteiger partial charge < -0.3 is 14.6 Å². The second-order valence-corrected chi connectivity index (χ2v) is 10.3. The second-order valence-electron chi connectivity index (χ2n) is 10.3. The van der Waals surface area contributed by atoms with Gasteiger partial charge in [-0.05, 0) is 32.1 Å². The normalized spacial score (nSPS) is 12.8. The van der Waals surface area contributed by atoms with Gasteiger partial charge in [0, 0.05) is 12.8 Å². The van der Waals surface area contributed by atoms with Crippen molar-refractivity contribution in [3.05, 3.63) is 48.6 Å². The Kier molecular flexibility index (Phi) is 28.7. The van der Waals surface area contributed by atoms with E-state index in [1.165, 1.54) is 57.8 Å². The smallest absolute Gasteiger partial charge is 0.306 e. The van der Waals surface area contributed by atoms with Crippen LogP contribution in [0.2, 0.25) is 0 Å². The Morgan fingerprint density at radius 1 is 0.615 bits per heavy atom. The number of ether oxygens (including phenoxy) is 2. The summed E-state index contributed by atoms with van der Waals surface area (Å²) in [5.74, 6) is -0.641. The van der Waals surface area contributed by atoms with Crippen molar-refractivity contribution in [1.29, 1.82) is 0 Å². The summed E-state index contributed by atoms with van der Waals surface area (Å²) in [5.41, 5.74) is 0. The third-order valence-electron chi connectivity index (χ3n) is 6.48. The molecule has 0 aliphatic heterocycles. The van der Waals surface area contributed by atoms with Crippen LogP contribution in [0.1, 0.15) is 136 Å². The van der Waals surface area contributed by atoms with Crippen molar-refractivity contribution in [3.8, 4) is 0 Å². The number of aliphatic hydroxyl groups excluding tert-OH is 1. The molecule has 0 aromatic rings.